The molecule has 104 valence electrons. The molecule has 0 aliphatic rings. The number of fused-ring (bicyclic) bond motifs is 1. The highest BCUT2D eigenvalue weighted by atomic mass is 15.1. The summed E-state index contributed by atoms with van der Waals surface area (Å²) in [7, 11) is 3.81. The number of nitrogens with one attached hydrogen (secondary N) is 1. The van der Waals surface area contributed by atoms with Gasteiger partial charge in [-0.15, -0.1) is 0 Å². The Hall–Kier alpha value is -2.36. The van der Waals surface area contributed by atoms with E-state index in [1.54, 1.807) is 0 Å². The minimum Gasteiger partial charge on any atom is -0.357 e. The summed E-state index contributed by atoms with van der Waals surface area (Å²) in [5.74, 6) is 0.625. The molecule has 1 aromatic carbocycles. The van der Waals surface area contributed by atoms with Gasteiger partial charge in [0, 0.05) is 31.4 Å². The lowest BCUT2D eigenvalue weighted by molar-refractivity contribution is 0.654. The first-order chi connectivity index (χ1) is 9.65. The van der Waals surface area contributed by atoms with E-state index in [0.717, 1.165) is 28.6 Å². The number of allylic oxidation sites excluding steroid dienone is 1. The maximum Gasteiger partial charge on any atom is 0.222 e. The van der Waals surface area contributed by atoms with Crippen LogP contribution in [-0.2, 0) is 0 Å². The first-order valence-corrected chi connectivity index (χ1v) is 6.69. The van der Waals surface area contributed by atoms with Crippen molar-refractivity contribution in [1.82, 2.24) is 14.9 Å². The van der Waals surface area contributed by atoms with Crippen molar-refractivity contribution >= 4 is 22.5 Å². The van der Waals surface area contributed by atoms with E-state index < -0.39 is 0 Å². The highest BCUT2D eigenvalue weighted by Crippen LogP contribution is 2.21. The molecule has 2 rings (SSSR count). The topological polar surface area (TPSA) is 41.1 Å². The Morgan fingerprint density at radius 3 is 2.95 bits per heavy atom. The first kappa shape index (κ1) is 14.1. The molecular formula is C16H20N4. The molecular weight excluding hydrogens is 248 g/mol. The van der Waals surface area contributed by atoms with Gasteiger partial charge in [0.2, 0.25) is 5.95 Å². The highest BCUT2D eigenvalue weighted by molar-refractivity contribution is 5.82. The molecule has 2 aromatic rings. The maximum atomic E-state index is 4.46. The van der Waals surface area contributed by atoms with E-state index in [4.69, 9.17) is 0 Å². The molecule has 1 N–H and O–H groups in total. The van der Waals surface area contributed by atoms with Gasteiger partial charge < -0.3 is 10.2 Å². The van der Waals surface area contributed by atoms with Crippen LogP contribution in [0.5, 0.6) is 0 Å². The predicted molar refractivity (Wildman–Crippen MR) is 85.3 cm³/mol. The third kappa shape index (κ3) is 2.96. The largest absolute Gasteiger partial charge is 0.357 e. The van der Waals surface area contributed by atoms with Crippen molar-refractivity contribution in [2.24, 2.45) is 0 Å². The summed E-state index contributed by atoms with van der Waals surface area (Å²) in [6.07, 6.45) is 6.97. The fraction of sp³-hybridized carbons (Fsp3) is 0.250. The van der Waals surface area contributed by atoms with Gasteiger partial charge in [-0.25, -0.2) is 9.97 Å². The third-order valence-electron chi connectivity index (χ3n) is 3.13. The summed E-state index contributed by atoms with van der Waals surface area (Å²) >= 11 is 0. The average Bonchev–Trinajstić information content (AvgIpc) is 2.50. The predicted octanol–water partition coefficient (Wildman–Crippen LogP) is 3.50. The van der Waals surface area contributed by atoms with Crippen molar-refractivity contribution in [3.8, 4) is 0 Å². The van der Waals surface area contributed by atoms with Gasteiger partial charge in [0.25, 0.3) is 0 Å². The third-order valence-corrected chi connectivity index (χ3v) is 3.13. The number of aromatic nitrogens is 2. The Labute approximate surface area is 119 Å². The van der Waals surface area contributed by atoms with Crippen LogP contribution in [0.4, 0.5) is 5.95 Å². The van der Waals surface area contributed by atoms with E-state index in [-0.39, 0.29) is 0 Å². The highest BCUT2D eigenvalue weighted by Gasteiger charge is 2.05. The number of benzene rings is 1. The minimum atomic E-state index is 0.625. The van der Waals surface area contributed by atoms with Crippen LogP contribution >= 0.6 is 0 Å². The van der Waals surface area contributed by atoms with E-state index in [0.29, 0.717) is 5.95 Å². The van der Waals surface area contributed by atoms with Crippen LogP contribution < -0.4 is 5.32 Å². The summed E-state index contributed by atoms with van der Waals surface area (Å²) in [6, 6.07) is 6.10. The van der Waals surface area contributed by atoms with E-state index >= 15 is 0 Å². The SMILES string of the molecule is C=C(c1ccc2cnc(NC)nc2c1)N(C)/C=C/CC. The fourth-order valence-corrected chi connectivity index (χ4v) is 1.88. The molecule has 0 fully saturated rings. The Morgan fingerprint density at radius 1 is 1.45 bits per heavy atom. The number of hydrogen-bond donors (Lipinski definition) is 1. The molecule has 0 amide bonds. The second-order valence-electron chi connectivity index (χ2n) is 4.57. The molecule has 20 heavy (non-hydrogen) atoms. The normalized spacial score (nSPS) is 10.9. The molecule has 0 saturated carbocycles. The molecule has 0 unspecified atom stereocenters. The number of nitrogens with zero attached hydrogens (tertiary/aromatic N) is 3. The Kier molecular flexibility index (Phi) is 4.35. The fourth-order valence-electron chi connectivity index (χ4n) is 1.88. The monoisotopic (exact) mass is 268 g/mol. The van der Waals surface area contributed by atoms with Gasteiger partial charge >= 0.3 is 0 Å². The number of hydrogen-bond acceptors (Lipinski definition) is 4. The van der Waals surface area contributed by atoms with E-state index in [1.165, 1.54) is 0 Å². The number of rotatable bonds is 5. The zero-order valence-corrected chi connectivity index (χ0v) is 12.2. The van der Waals surface area contributed by atoms with E-state index in [9.17, 15) is 0 Å². The van der Waals surface area contributed by atoms with Crippen molar-refractivity contribution in [3.63, 3.8) is 0 Å². The average molecular weight is 268 g/mol. The minimum absolute atomic E-state index is 0.625. The molecule has 0 radical (unpaired) electrons. The van der Waals surface area contributed by atoms with Crippen molar-refractivity contribution in [1.29, 1.82) is 0 Å². The van der Waals surface area contributed by atoms with Gasteiger partial charge in [0.05, 0.1) is 5.52 Å². The molecule has 0 saturated heterocycles. The van der Waals surface area contributed by atoms with Gasteiger partial charge in [-0.1, -0.05) is 31.7 Å². The second kappa shape index (κ2) is 6.19. The summed E-state index contributed by atoms with van der Waals surface area (Å²) in [5.41, 5.74) is 2.92. The molecule has 0 aliphatic carbocycles. The van der Waals surface area contributed by atoms with Gasteiger partial charge in [0.1, 0.15) is 0 Å². The Bertz CT molecular complexity index is 646. The standard InChI is InChI=1S/C16H20N4/c1-5-6-9-20(4)12(2)13-7-8-14-11-18-16(17-3)19-15(14)10-13/h6-11H,2,5H2,1,3-4H3,(H,17,18,19)/b9-6+. The van der Waals surface area contributed by atoms with Crippen molar-refractivity contribution < 1.29 is 0 Å². The van der Waals surface area contributed by atoms with Crippen molar-refractivity contribution in [2.45, 2.75) is 13.3 Å². The lowest BCUT2D eigenvalue weighted by Crippen LogP contribution is -2.08. The van der Waals surface area contributed by atoms with Gasteiger partial charge in [0.15, 0.2) is 0 Å². The van der Waals surface area contributed by atoms with E-state index in [2.05, 4.69) is 34.9 Å². The second-order valence-corrected chi connectivity index (χ2v) is 4.57. The number of anilines is 1. The lowest BCUT2D eigenvalue weighted by atomic mass is 10.1. The van der Waals surface area contributed by atoms with Crippen LogP contribution in [0.25, 0.3) is 16.6 Å². The summed E-state index contributed by atoms with van der Waals surface area (Å²) < 4.78 is 0. The maximum absolute atomic E-state index is 4.46. The summed E-state index contributed by atoms with van der Waals surface area (Å²) in [5, 5.41) is 3.97. The smallest absolute Gasteiger partial charge is 0.222 e. The Balaban J connectivity index is 2.35. The van der Waals surface area contributed by atoms with Crippen LogP contribution in [0.15, 0.2) is 43.3 Å². The molecule has 1 aromatic heterocycles. The molecule has 0 aliphatic heterocycles. The molecule has 4 nitrogen and oxygen atoms in total. The molecule has 0 spiro atoms. The molecule has 1 heterocycles. The van der Waals surface area contributed by atoms with Crippen LogP contribution in [-0.4, -0.2) is 29.0 Å². The first-order valence-electron chi connectivity index (χ1n) is 6.69. The van der Waals surface area contributed by atoms with Gasteiger partial charge in [-0.05, 0) is 24.3 Å². The van der Waals surface area contributed by atoms with Gasteiger partial charge in [-0.2, -0.15) is 0 Å². The van der Waals surface area contributed by atoms with Crippen LogP contribution in [0.3, 0.4) is 0 Å². The Morgan fingerprint density at radius 2 is 2.25 bits per heavy atom. The summed E-state index contributed by atoms with van der Waals surface area (Å²) in [4.78, 5) is 10.7. The quantitative estimate of drug-likeness (QED) is 0.901. The van der Waals surface area contributed by atoms with Crippen molar-refractivity contribution in [3.05, 3.63) is 48.8 Å². The zero-order valence-electron chi connectivity index (χ0n) is 12.2. The van der Waals surface area contributed by atoms with Gasteiger partial charge in [-0.3, -0.25) is 0 Å². The van der Waals surface area contributed by atoms with E-state index in [1.807, 2.05) is 49.6 Å². The van der Waals surface area contributed by atoms with Crippen LogP contribution in [0.2, 0.25) is 0 Å². The molecule has 0 bridgehead atoms. The molecule has 4 heteroatoms. The van der Waals surface area contributed by atoms with Crippen LogP contribution in [0.1, 0.15) is 18.9 Å². The zero-order chi connectivity index (χ0) is 14.5. The lowest BCUT2D eigenvalue weighted by Gasteiger charge is -2.17. The van der Waals surface area contributed by atoms with Crippen molar-refractivity contribution in [2.75, 3.05) is 19.4 Å². The molecule has 0 atom stereocenters. The van der Waals surface area contributed by atoms with Crippen LogP contribution in [0, 0.1) is 0 Å². The summed E-state index contributed by atoms with van der Waals surface area (Å²) in [6.45, 7) is 6.25.